The fourth-order valence-corrected chi connectivity index (χ4v) is 6.30. The van der Waals surface area contributed by atoms with Crippen LogP contribution in [0.15, 0.2) is 170 Å². The van der Waals surface area contributed by atoms with Gasteiger partial charge in [-0.15, -0.1) is 5.10 Å². The highest BCUT2D eigenvalue weighted by Gasteiger charge is 2.13. The number of fused-ring (bicyclic) bond motifs is 2. The van der Waals surface area contributed by atoms with Crippen LogP contribution < -0.4 is 0 Å². The zero-order chi connectivity index (χ0) is 32.6. The van der Waals surface area contributed by atoms with Crippen LogP contribution in [0, 0.1) is 0 Å². The summed E-state index contributed by atoms with van der Waals surface area (Å²) in [6, 6.07) is 58.2. The lowest BCUT2D eigenvalue weighted by molar-refractivity contribution is 0.824. The Morgan fingerprint density at radius 1 is 0.388 bits per heavy atom. The molecule has 0 unspecified atom stereocenters. The van der Waals surface area contributed by atoms with Crippen LogP contribution in [-0.4, -0.2) is 29.9 Å². The van der Waals surface area contributed by atoms with E-state index >= 15 is 0 Å². The molecule has 0 aliphatic carbocycles. The Bertz CT molecular complexity index is 2520. The van der Waals surface area contributed by atoms with Gasteiger partial charge in [0, 0.05) is 16.7 Å². The predicted octanol–water partition coefficient (Wildman–Crippen LogP) is 10.1. The second-order valence-electron chi connectivity index (χ2n) is 11.9. The molecule has 6 heteroatoms. The van der Waals surface area contributed by atoms with E-state index in [1.807, 2.05) is 89.6 Å². The molecule has 0 atom stereocenters. The van der Waals surface area contributed by atoms with Crippen LogP contribution in [0.5, 0.6) is 0 Å². The number of para-hydroxylation sites is 1. The summed E-state index contributed by atoms with van der Waals surface area (Å²) in [4.78, 5) is 14.6. The highest BCUT2D eigenvalue weighted by atomic mass is 15.4. The van der Waals surface area contributed by atoms with E-state index in [1.165, 1.54) is 16.3 Å². The number of aromatic nitrogens is 6. The van der Waals surface area contributed by atoms with Gasteiger partial charge in [0.15, 0.2) is 17.5 Å². The molecular weight excluding hydrogens is 601 g/mol. The van der Waals surface area contributed by atoms with Gasteiger partial charge in [-0.25, -0.2) is 19.6 Å². The molecule has 0 spiro atoms. The maximum atomic E-state index is 4.90. The number of benzene rings is 7. The van der Waals surface area contributed by atoms with Crippen LogP contribution >= 0.6 is 0 Å². The summed E-state index contributed by atoms with van der Waals surface area (Å²) in [6.45, 7) is 0. The highest BCUT2D eigenvalue weighted by molar-refractivity contribution is 5.99. The lowest BCUT2D eigenvalue weighted by atomic mass is 9.94. The Hall–Kier alpha value is -6.79. The molecule has 230 valence electrons. The maximum absolute atomic E-state index is 4.90. The first kappa shape index (κ1) is 28.4. The Labute approximate surface area is 283 Å². The van der Waals surface area contributed by atoms with Crippen LogP contribution in [0.25, 0.3) is 83.9 Å². The van der Waals surface area contributed by atoms with E-state index in [0.29, 0.717) is 17.5 Å². The Kier molecular flexibility index (Phi) is 7.02. The smallest absolute Gasteiger partial charge is 0.164 e. The molecule has 0 saturated heterocycles. The Morgan fingerprint density at radius 2 is 0.939 bits per heavy atom. The molecule has 0 fully saturated rings. The average molecular weight is 629 g/mol. The van der Waals surface area contributed by atoms with Gasteiger partial charge in [-0.3, -0.25) is 0 Å². The van der Waals surface area contributed by atoms with Gasteiger partial charge in [0.2, 0.25) is 0 Å². The van der Waals surface area contributed by atoms with Gasteiger partial charge in [-0.2, -0.15) is 0 Å². The summed E-state index contributed by atoms with van der Waals surface area (Å²) in [5.41, 5.74) is 10.3. The molecule has 0 radical (unpaired) electrons. The zero-order valence-electron chi connectivity index (χ0n) is 26.3. The molecule has 9 aromatic rings. The van der Waals surface area contributed by atoms with E-state index in [0.717, 1.165) is 50.1 Å². The number of hydrogen-bond donors (Lipinski definition) is 0. The van der Waals surface area contributed by atoms with E-state index in [2.05, 4.69) is 95.2 Å². The van der Waals surface area contributed by atoms with Crippen molar-refractivity contribution < 1.29 is 0 Å². The number of rotatable bonds is 6. The van der Waals surface area contributed by atoms with Gasteiger partial charge in [0.25, 0.3) is 0 Å². The lowest BCUT2D eigenvalue weighted by Gasteiger charge is -2.11. The molecule has 49 heavy (non-hydrogen) atoms. The lowest BCUT2D eigenvalue weighted by Crippen LogP contribution is -2.00. The summed E-state index contributed by atoms with van der Waals surface area (Å²) in [7, 11) is 0. The van der Waals surface area contributed by atoms with Gasteiger partial charge in [0.05, 0.1) is 11.2 Å². The molecule has 7 aromatic carbocycles. The topological polar surface area (TPSA) is 69.4 Å². The third-order valence-corrected chi connectivity index (χ3v) is 8.83. The second kappa shape index (κ2) is 12.1. The molecular formula is C43H28N6. The van der Waals surface area contributed by atoms with E-state index in [1.54, 1.807) is 0 Å². The molecule has 0 N–H and O–H groups in total. The molecule has 0 aliphatic rings. The minimum absolute atomic E-state index is 0.641. The monoisotopic (exact) mass is 628 g/mol. The van der Waals surface area contributed by atoms with Gasteiger partial charge < -0.3 is 0 Å². The molecule has 0 saturated carbocycles. The second-order valence-corrected chi connectivity index (χ2v) is 11.9. The quantitative estimate of drug-likeness (QED) is 0.183. The first-order chi connectivity index (χ1) is 24.3. The molecule has 2 aromatic heterocycles. The molecule has 6 nitrogen and oxygen atoms in total. The Morgan fingerprint density at radius 3 is 1.61 bits per heavy atom. The van der Waals surface area contributed by atoms with Crippen molar-refractivity contribution in [3.05, 3.63) is 170 Å². The van der Waals surface area contributed by atoms with E-state index in [9.17, 15) is 0 Å². The third kappa shape index (κ3) is 5.41. The fraction of sp³-hybridized carbons (Fsp3) is 0. The SMILES string of the molecule is c1ccc(-c2nc(-c3ccccc3)nc(-c3ccc(-c4cccc5ccc(-c6ccc(-n7nnc8ccccc87)cc6)cc45)cc3)n2)cc1. The number of nitrogens with zero attached hydrogens (tertiary/aromatic N) is 6. The van der Waals surface area contributed by atoms with E-state index in [4.69, 9.17) is 15.0 Å². The van der Waals surface area contributed by atoms with Crippen molar-refractivity contribution >= 4 is 21.8 Å². The van der Waals surface area contributed by atoms with Crippen LogP contribution in [0.3, 0.4) is 0 Å². The largest absolute Gasteiger partial charge is 0.213 e. The maximum Gasteiger partial charge on any atom is 0.164 e. The van der Waals surface area contributed by atoms with Crippen molar-refractivity contribution in [1.82, 2.24) is 29.9 Å². The Balaban J connectivity index is 1.06. The van der Waals surface area contributed by atoms with Crippen molar-refractivity contribution in [2.24, 2.45) is 0 Å². The van der Waals surface area contributed by atoms with Gasteiger partial charge in [0.1, 0.15) is 5.52 Å². The third-order valence-electron chi connectivity index (χ3n) is 8.83. The van der Waals surface area contributed by atoms with Crippen molar-refractivity contribution in [3.8, 4) is 62.1 Å². The normalized spacial score (nSPS) is 11.3. The zero-order valence-corrected chi connectivity index (χ0v) is 26.3. The number of hydrogen-bond acceptors (Lipinski definition) is 5. The first-order valence-electron chi connectivity index (χ1n) is 16.2. The van der Waals surface area contributed by atoms with Crippen LogP contribution in [0.1, 0.15) is 0 Å². The molecule has 9 rings (SSSR count). The predicted molar refractivity (Wildman–Crippen MR) is 197 cm³/mol. The van der Waals surface area contributed by atoms with Gasteiger partial charge in [-0.05, 0) is 63.4 Å². The van der Waals surface area contributed by atoms with Gasteiger partial charge in [-0.1, -0.05) is 145 Å². The standard InChI is InChI=1S/C43H28N6/c1-3-10-32(11-4-1)41-44-42(33-12-5-2-6-13-33)46-43(45-41)34-21-18-31(19-22-34)37-15-9-14-30-20-23-35(28-38(30)37)29-24-26-36(27-25-29)49-40-17-8-7-16-39(40)47-48-49/h1-28H. The molecule has 0 bridgehead atoms. The molecule has 0 amide bonds. The summed E-state index contributed by atoms with van der Waals surface area (Å²) in [5.74, 6) is 1.94. The molecule has 2 heterocycles. The molecule has 0 aliphatic heterocycles. The van der Waals surface area contributed by atoms with Crippen molar-refractivity contribution in [2.75, 3.05) is 0 Å². The average Bonchev–Trinajstić information content (AvgIpc) is 3.62. The van der Waals surface area contributed by atoms with Crippen molar-refractivity contribution in [2.45, 2.75) is 0 Å². The summed E-state index contributed by atoms with van der Waals surface area (Å²) < 4.78 is 1.88. The van der Waals surface area contributed by atoms with E-state index in [-0.39, 0.29) is 0 Å². The highest BCUT2D eigenvalue weighted by Crippen LogP contribution is 2.34. The van der Waals surface area contributed by atoms with Crippen molar-refractivity contribution in [3.63, 3.8) is 0 Å². The first-order valence-corrected chi connectivity index (χ1v) is 16.2. The minimum atomic E-state index is 0.641. The summed E-state index contributed by atoms with van der Waals surface area (Å²) in [6.07, 6.45) is 0. The summed E-state index contributed by atoms with van der Waals surface area (Å²) in [5, 5.41) is 11.1. The van der Waals surface area contributed by atoms with Crippen molar-refractivity contribution in [1.29, 1.82) is 0 Å². The van der Waals surface area contributed by atoms with Crippen LogP contribution in [0.4, 0.5) is 0 Å². The summed E-state index contributed by atoms with van der Waals surface area (Å²) >= 11 is 0. The van der Waals surface area contributed by atoms with E-state index < -0.39 is 0 Å². The van der Waals surface area contributed by atoms with Gasteiger partial charge >= 0.3 is 0 Å². The minimum Gasteiger partial charge on any atom is -0.213 e. The fourth-order valence-electron chi connectivity index (χ4n) is 6.30. The van der Waals surface area contributed by atoms with Crippen LogP contribution in [-0.2, 0) is 0 Å². The van der Waals surface area contributed by atoms with Crippen LogP contribution in [0.2, 0.25) is 0 Å².